The number of nitrogens with zero attached hydrogens (tertiary/aromatic N) is 3. The standard InChI is InChI=1S/C18H16FN3/c19-17-11-15(5-8-18(17)22-9-1-2-10-22)13-21-16-6-3-14(12-20)4-7-16/h3-8,11,13H,1-2,9-10H2. The molecule has 1 fully saturated rings. The number of nitriles is 1. The Labute approximate surface area is 129 Å². The minimum atomic E-state index is -0.203. The Morgan fingerprint density at radius 2 is 1.82 bits per heavy atom. The van der Waals surface area contributed by atoms with Gasteiger partial charge < -0.3 is 4.90 Å². The third kappa shape index (κ3) is 3.15. The van der Waals surface area contributed by atoms with Crippen LogP contribution < -0.4 is 4.90 Å². The van der Waals surface area contributed by atoms with Crippen molar-refractivity contribution in [3.05, 3.63) is 59.4 Å². The van der Waals surface area contributed by atoms with E-state index in [1.165, 1.54) is 6.07 Å². The van der Waals surface area contributed by atoms with Crippen LogP contribution in [0.15, 0.2) is 47.5 Å². The molecule has 2 aromatic carbocycles. The van der Waals surface area contributed by atoms with Gasteiger partial charge in [-0.1, -0.05) is 6.07 Å². The predicted molar refractivity (Wildman–Crippen MR) is 86.3 cm³/mol. The Morgan fingerprint density at radius 3 is 2.45 bits per heavy atom. The van der Waals surface area contributed by atoms with Gasteiger partial charge in [-0.3, -0.25) is 4.99 Å². The van der Waals surface area contributed by atoms with E-state index < -0.39 is 0 Å². The van der Waals surface area contributed by atoms with E-state index in [-0.39, 0.29) is 5.82 Å². The Balaban J connectivity index is 1.76. The zero-order valence-corrected chi connectivity index (χ0v) is 12.2. The molecule has 4 heteroatoms. The van der Waals surface area contributed by atoms with Crippen molar-refractivity contribution >= 4 is 17.6 Å². The van der Waals surface area contributed by atoms with Crippen molar-refractivity contribution in [2.45, 2.75) is 12.8 Å². The van der Waals surface area contributed by atoms with E-state index in [1.807, 2.05) is 12.1 Å². The predicted octanol–water partition coefficient (Wildman–Crippen LogP) is 4.05. The van der Waals surface area contributed by atoms with Crippen LogP contribution in [0.2, 0.25) is 0 Å². The molecule has 0 aromatic heterocycles. The summed E-state index contributed by atoms with van der Waals surface area (Å²) in [6, 6.07) is 14.2. The van der Waals surface area contributed by atoms with Crippen LogP contribution in [0.1, 0.15) is 24.0 Å². The molecule has 110 valence electrons. The number of halogens is 1. The molecule has 0 amide bonds. The highest BCUT2D eigenvalue weighted by molar-refractivity contribution is 5.82. The summed E-state index contributed by atoms with van der Waals surface area (Å²) in [6.45, 7) is 1.85. The maximum atomic E-state index is 14.2. The first-order valence-electron chi connectivity index (χ1n) is 7.35. The zero-order chi connectivity index (χ0) is 15.4. The van der Waals surface area contributed by atoms with Gasteiger partial charge in [-0.2, -0.15) is 5.26 Å². The van der Waals surface area contributed by atoms with Crippen molar-refractivity contribution in [3.8, 4) is 6.07 Å². The van der Waals surface area contributed by atoms with Crippen molar-refractivity contribution in [2.75, 3.05) is 18.0 Å². The minimum absolute atomic E-state index is 0.203. The second-order valence-corrected chi connectivity index (χ2v) is 5.32. The summed E-state index contributed by atoms with van der Waals surface area (Å²) < 4.78 is 14.2. The fourth-order valence-electron chi connectivity index (χ4n) is 2.59. The molecule has 1 saturated heterocycles. The highest BCUT2D eigenvalue weighted by Crippen LogP contribution is 2.24. The van der Waals surface area contributed by atoms with Crippen molar-refractivity contribution in [1.82, 2.24) is 0 Å². The van der Waals surface area contributed by atoms with Gasteiger partial charge in [-0.05, 0) is 54.8 Å². The lowest BCUT2D eigenvalue weighted by Crippen LogP contribution is -2.18. The Kier molecular flexibility index (Phi) is 4.15. The minimum Gasteiger partial charge on any atom is -0.369 e. The molecule has 0 bridgehead atoms. The van der Waals surface area contributed by atoms with Gasteiger partial charge >= 0.3 is 0 Å². The molecule has 1 aliphatic rings. The molecule has 0 saturated carbocycles. The topological polar surface area (TPSA) is 39.4 Å². The normalized spacial score (nSPS) is 14.5. The Bertz CT molecular complexity index is 723. The first kappa shape index (κ1) is 14.3. The smallest absolute Gasteiger partial charge is 0.147 e. The van der Waals surface area contributed by atoms with Gasteiger partial charge in [-0.15, -0.1) is 0 Å². The number of aliphatic imine (C=N–C) groups is 1. The second-order valence-electron chi connectivity index (χ2n) is 5.32. The van der Waals surface area contributed by atoms with Gasteiger partial charge in [0.05, 0.1) is 23.0 Å². The molecule has 0 radical (unpaired) electrons. The van der Waals surface area contributed by atoms with Crippen LogP contribution in [0.5, 0.6) is 0 Å². The molecular formula is C18H16FN3. The summed E-state index contributed by atoms with van der Waals surface area (Å²) in [7, 11) is 0. The van der Waals surface area contributed by atoms with Gasteiger partial charge in [0.15, 0.2) is 0 Å². The molecule has 1 heterocycles. The second kappa shape index (κ2) is 6.40. The van der Waals surface area contributed by atoms with Gasteiger partial charge in [0, 0.05) is 19.3 Å². The van der Waals surface area contributed by atoms with Crippen molar-refractivity contribution < 1.29 is 4.39 Å². The average Bonchev–Trinajstić information content (AvgIpc) is 3.07. The molecule has 3 rings (SSSR count). The molecule has 0 unspecified atom stereocenters. The first-order valence-corrected chi connectivity index (χ1v) is 7.35. The highest BCUT2D eigenvalue weighted by Gasteiger charge is 2.15. The summed E-state index contributed by atoms with van der Waals surface area (Å²) in [5.74, 6) is -0.203. The van der Waals surface area contributed by atoms with E-state index in [2.05, 4.69) is 16.0 Å². The molecular weight excluding hydrogens is 277 g/mol. The highest BCUT2D eigenvalue weighted by atomic mass is 19.1. The number of benzene rings is 2. The molecule has 0 spiro atoms. The third-order valence-corrected chi connectivity index (χ3v) is 3.78. The van der Waals surface area contributed by atoms with Crippen LogP contribution in [0, 0.1) is 17.1 Å². The molecule has 1 aliphatic heterocycles. The van der Waals surface area contributed by atoms with Crippen LogP contribution >= 0.6 is 0 Å². The van der Waals surface area contributed by atoms with Crippen molar-refractivity contribution in [2.24, 2.45) is 4.99 Å². The van der Waals surface area contributed by atoms with E-state index in [1.54, 1.807) is 30.5 Å². The lowest BCUT2D eigenvalue weighted by molar-refractivity contribution is 0.623. The summed E-state index contributed by atoms with van der Waals surface area (Å²) in [5, 5.41) is 8.75. The number of anilines is 1. The van der Waals surface area contributed by atoms with E-state index >= 15 is 0 Å². The zero-order valence-electron chi connectivity index (χ0n) is 12.2. The number of rotatable bonds is 3. The Morgan fingerprint density at radius 1 is 1.09 bits per heavy atom. The molecule has 0 aliphatic carbocycles. The summed E-state index contributed by atoms with van der Waals surface area (Å²) in [4.78, 5) is 6.39. The van der Waals surface area contributed by atoms with Crippen LogP contribution in [0.4, 0.5) is 15.8 Å². The average molecular weight is 293 g/mol. The van der Waals surface area contributed by atoms with Crippen LogP contribution in [0.3, 0.4) is 0 Å². The van der Waals surface area contributed by atoms with Gasteiger partial charge in [0.2, 0.25) is 0 Å². The maximum Gasteiger partial charge on any atom is 0.147 e. The number of hydrogen-bond acceptors (Lipinski definition) is 3. The SMILES string of the molecule is N#Cc1ccc(N=Cc2ccc(N3CCCC3)c(F)c2)cc1. The maximum absolute atomic E-state index is 14.2. The van der Waals surface area contributed by atoms with Gasteiger partial charge in [0.25, 0.3) is 0 Å². The lowest BCUT2D eigenvalue weighted by atomic mass is 10.2. The van der Waals surface area contributed by atoms with E-state index in [0.29, 0.717) is 11.3 Å². The van der Waals surface area contributed by atoms with Crippen LogP contribution in [0.25, 0.3) is 0 Å². The van der Waals surface area contributed by atoms with Crippen molar-refractivity contribution in [3.63, 3.8) is 0 Å². The molecule has 22 heavy (non-hydrogen) atoms. The fraction of sp³-hybridized carbons (Fsp3) is 0.222. The molecule has 3 nitrogen and oxygen atoms in total. The summed E-state index contributed by atoms with van der Waals surface area (Å²) in [6.07, 6.45) is 3.89. The molecule has 2 aromatic rings. The lowest BCUT2D eigenvalue weighted by Gasteiger charge is -2.18. The molecule has 0 atom stereocenters. The third-order valence-electron chi connectivity index (χ3n) is 3.78. The van der Waals surface area contributed by atoms with E-state index in [0.717, 1.165) is 37.2 Å². The van der Waals surface area contributed by atoms with Gasteiger partial charge in [-0.25, -0.2) is 4.39 Å². The quantitative estimate of drug-likeness (QED) is 0.801. The van der Waals surface area contributed by atoms with E-state index in [9.17, 15) is 4.39 Å². The summed E-state index contributed by atoms with van der Waals surface area (Å²) >= 11 is 0. The van der Waals surface area contributed by atoms with Crippen LogP contribution in [-0.2, 0) is 0 Å². The molecule has 0 N–H and O–H groups in total. The fourth-order valence-corrected chi connectivity index (χ4v) is 2.59. The number of hydrogen-bond donors (Lipinski definition) is 0. The van der Waals surface area contributed by atoms with E-state index in [4.69, 9.17) is 5.26 Å². The Hall–Kier alpha value is -2.67. The van der Waals surface area contributed by atoms with Gasteiger partial charge in [0.1, 0.15) is 5.82 Å². The largest absolute Gasteiger partial charge is 0.369 e. The van der Waals surface area contributed by atoms with Crippen molar-refractivity contribution in [1.29, 1.82) is 5.26 Å². The monoisotopic (exact) mass is 293 g/mol. The van der Waals surface area contributed by atoms with Crippen LogP contribution in [-0.4, -0.2) is 19.3 Å². The first-order chi connectivity index (χ1) is 10.8. The summed E-state index contributed by atoms with van der Waals surface area (Å²) in [5.41, 5.74) is 2.74.